The Morgan fingerprint density at radius 1 is 0.625 bits per heavy atom. The number of hydrogen-bond acceptors (Lipinski definition) is 4. The topological polar surface area (TPSA) is 83.7 Å². The van der Waals surface area contributed by atoms with Gasteiger partial charge in [0.2, 0.25) is 0 Å². The number of hydrogen-bond donors (Lipinski definition) is 2. The molecule has 0 spiro atoms. The molecule has 8 bridgehead atoms. The van der Waals surface area contributed by atoms with Crippen LogP contribution in [0.2, 0.25) is 0 Å². The first-order valence-electron chi connectivity index (χ1n) is 14.8. The number of aromatic nitrogens is 4. The summed E-state index contributed by atoms with van der Waals surface area (Å²) in [7, 11) is 0. The van der Waals surface area contributed by atoms with E-state index in [1.54, 1.807) is 0 Å². The van der Waals surface area contributed by atoms with Crippen molar-refractivity contribution in [1.29, 1.82) is 0 Å². The van der Waals surface area contributed by atoms with Gasteiger partial charge in [-0.2, -0.15) is 0 Å². The zero-order valence-corrected chi connectivity index (χ0v) is 32.8. The van der Waals surface area contributed by atoms with Crippen molar-refractivity contribution in [1.82, 2.24) is 19.9 Å². The maximum atomic E-state index is 10.4. The van der Waals surface area contributed by atoms with Gasteiger partial charge >= 0.3 is 25.4 Å². The molecule has 3 aromatic heterocycles. The largest absolute Gasteiger partial charge is 2.00 e. The van der Waals surface area contributed by atoms with Crippen LogP contribution in [0.4, 0.5) is 0 Å². The monoisotopic (exact) mass is 772 g/mol. The van der Waals surface area contributed by atoms with Crippen molar-refractivity contribution in [3.05, 3.63) is 120 Å². The molecular weight excluding hydrogens is 740 g/mol. The molecule has 7 rings (SSSR count). The molecule has 2 aliphatic heterocycles. The molecule has 0 saturated heterocycles. The van der Waals surface area contributed by atoms with Gasteiger partial charge in [-0.05, 0) is 97.0 Å². The Bertz CT molecular complexity index is 1690. The van der Waals surface area contributed by atoms with E-state index in [1.165, 1.54) is 10.8 Å². The van der Waals surface area contributed by atoms with Gasteiger partial charge in [0.05, 0.1) is 34.7 Å². The van der Waals surface area contributed by atoms with Gasteiger partial charge in [-0.3, -0.25) is 4.79 Å². The van der Waals surface area contributed by atoms with Crippen LogP contribution >= 0.6 is 23.2 Å². The van der Waals surface area contributed by atoms with E-state index in [-0.39, 0.29) is 55.6 Å². The molecule has 2 N–H and O–H groups in total. The first-order valence-corrected chi connectivity index (χ1v) is 15.8. The van der Waals surface area contributed by atoms with Gasteiger partial charge in [-0.1, -0.05) is 55.5 Å². The molecule has 0 radical (unpaired) electrons. The molecule has 0 aliphatic carbocycles. The minimum Gasteiger partial charge on any atom is -1.00 e. The van der Waals surface area contributed by atoms with Crippen LogP contribution in [0.25, 0.3) is 57.1 Å². The fraction of sp³-hybridized carbons (Fsp3) is 0.162. The standard InChI is InChI=1S/C20H14N4.C10H8.C6H12O2.CH2Cl2.2ClH.Zn/c1-2-14-10-16-5-6-18(23-16)12-20-8-7-19(24-20)11-17-4-3-15(22-17)9-13(1)21-14;1-2-6-10-8-4-3-7-9(10)5-1;1-3-5-6(7)8-4-2;2-1-3;;;/h1-12,21,24H;1-8H;3-5H2,1-2H3;1H2;2*1H;/q;;;;;;+2/p-2. The number of alkyl halides is 2. The van der Waals surface area contributed by atoms with E-state index in [4.69, 9.17) is 23.2 Å². The number of nitrogens with zero attached hydrogens (tertiary/aromatic N) is 2. The third-order valence-electron chi connectivity index (χ3n) is 6.46. The molecule has 0 fully saturated rings. The smallest absolute Gasteiger partial charge is 1.00 e. The van der Waals surface area contributed by atoms with Crippen molar-refractivity contribution in [3.8, 4) is 0 Å². The number of benzene rings is 2. The molecule has 0 saturated carbocycles. The van der Waals surface area contributed by atoms with E-state index >= 15 is 0 Å². The van der Waals surface area contributed by atoms with Crippen LogP contribution in [0.3, 0.4) is 0 Å². The second-order valence-corrected chi connectivity index (χ2v) is 10.7. The summed E-state index contributed by atoms with van der Waals surface area (Å²) in [6.07, 6.45) is 9.51. The fourth-order valence-corrected chi connectivity index (χ4v) is 4.51. The summed E-state index contributed by atoms with van der Waals surface area (Å²) in [4.78, 5) is 26.4. The van der Waals surface area contributed by atoms with Gasteiger partial charge in [-0.25, -0.2) is 9.97 Å². The summed E-state index contributed by atoms with van der Waals surface area (Å²) in [5.41, 5.74) is 7.86. The molecule has 0 atom stereocenters. The van der Waals surface area contributed by atoms with E-state index in [2.05, 4.69) is 97.5 Å². The molecule has 246 valence electrons. The van der Waals surface area contributed by atoms with Crippen molar-refractivity contribution < 1.29 is 53.8 Å². The zero-order chi connectivity index (χ0) is 31.9. The van der Waals surface area contributed by atoms with E-state index in [1.807, 2.05) is 62.4 Å². The van der Waals surface area contributed by atoms with Crippen LogP contribution in [0.1, 0.15) is 49.5 Å². The van der Waals surface area contributed by atoms with Crippen LogP contribution in [-0.4, -0.2) is 37.9 Å². The van der Waals surface area contributed by atoms with E-state index in [0.717, 1.165) is 51.3 Å². The Labute approximate surface area is 316 Å². The predicted molar refractivity (Wildman–Crippen MR) is 191 cm³/mol. The number of carbonyl (C=O) groups excluding carboxylic acids is 1. The normalized spacial score (nSPS) is 10.2. The van der Waals surface area contributed by atoms with Gasteiger partial charge in [0, 0.05) is 28.5 Å². The summed E-state index contributed by atoms with van der Waals surface area (Å²) in [5.74, 6) is -0.0880. The zero-order valence-electron chi connectivity index (χ0n) is 26.8. The van der Waals surface area contributed by atoms with Crippen LogP contribution in [-0.2, 0) is 29.0 Å². The maximum Gasteiger partial charge on any atom is 2.00 e. The van der Waals surface area contributed by atoms with E-state index < -0.39 is 0 Å². The van der Waals surface area contributed by atoms with Crippen LogP contribution in [0, 0.1) is 0 Å². The molecule has 0 amide bonds. The summed E-state index contributed by atoms with van der Waals surface area (Å²) in [6.45, 7) is 4.27. The van der Waals surface area contributed by atoms with Crippen molar-refractivity contribution >= 4 is 86.3 Å². The van der Waals surface area contributed by atoms with Crippen LogP contribution in [0.5, 0.6) is 0 Å². The Balaban J connectivity index is 0.000000402. The Morgan fingerprint density at radius 3 is 1.21 bits per heavy atom. The van der Waals surface area contributed by atoms with Gasteiger partial charge in [-0.15, -0.1) is 23.2 Å². The van der Waals surface area contributed by atoms with E-state index in [9.17, 15) is 4.79 Å². The summed E-state index contributed by atoms with van der Waals surface area (Å²) in [5, 5.41) is 2.81. The molecule has 0 unspecified atom stereocenters. The first-order chi connectivity index (χ1) is 22.0. The second kappa shape index (κ2) is 23.0. The van der Waals surface area contributed by atoms with Gasteiger partial charge in [0.1, 0.15) is 0 Å². The number of fused-ring (bicyclic) bond motifs is 9. The van der Waals surface area contributed by atoms with Gasteiger partial charge in [0.25, 0.3) is 0 Å². The first kappa shape index (κ1) is 42.6. The Hall–Kier alpha value is -3.45. The summed E-state index contributed by atoms with van der Waals surface area (Å²) >= 11 is 9.53. The van der Waals surface area contributed by atoms with Gasteiger partial charge < -0.3 is 39.5 Å². The average molecular weight is 776 g/mol. The molecule has 2 aromatic carbocycles. The third kappa shape index (κ3) is 14.0. The third-order valence-corrected chi connectivity index (χ3v) is 6.46. The molecular formula is C37H36Cl4N4O2Zn. The number of nitrogens with one attached hydrogen (secondary N) is 2. The number of carbonyl (C=O) groups is 1. The fourth-order valence-electron chi connectivity index (χ4n) is 4.51. The van der Waals surface area contributed by atoms with Crippen LogP contribution in [0.15, 0.2) is 97.1 Å². The summed E-state index contributed by atoms with van der Waals surface area (Å²) in [6, 6.07) is 33.1. The van der Waals surface area contributed by atoms with Gasteiger partial charge in [0.15, 0.2) is 0 Å². The molecule has 2 aliphatic rings. The Kier molecular flexibility index (Phi) is 20.4. The molecule has 5 heterocycles. The number of esters is 1. The minimum absolute atomic E-state index is 0. The average Bonchev–Trinajstić information content (AvgIpc) is 3.86. The maximum absolute atomic E-state index is 10.4. The minimum atomic E-state index is -0.0880. The summed E-state index contributed by atoms with van der Waals surface area (Å²) < 4.78 is 4.64. The van der Waals surface area contributed by atoms with E-state index in [0.29, 0.717) is 13.0 Å². The van der Waals surface area contributed by atoms with Crippen molar-refractivity contribution in [3.63, 3.8) is 0 Å². The van der Waals surface area contributed by atoms with Crippen LogP contribution < -0.4 is 24.8 Å². The molecule has 6 nitrogen and oxygen atoms in total. The molecule has 48 heavy (non-hydrogen) atoms. The van der Waals surface area contributed by atoms with Crippen molar-refractivity contribution in [2.24, 2.45) is 0 Å². The molecule has 5 aromatic rings. The number of aromatic amines is 2. The molecule has 11 heteroatoms. The predicted octanol–water partition coefficient (Wildman–Crippen LogP) is 4.27. The number of rotatable bonds is 3. The Morgan fingerprint density at radius 2 is 0.938 bits per heavy atom. The number of ether oxygens (including phenoxy) is 1. The SMILES string of the molecule is C1=Cc2cc3ccc(cc4nc(cc5ccc(cc1n2)[nH]5)C=C4)[nH]3.CCCC(=O)OCC.ClCCl.[Cl-].[Cl-].[Zn+2].c1ccc2ccccc2c1. The van der Waals surface area contributed by atoms with Crippen molar-refractivity contribution in [2.75, 3.05) is 11.9 Å². The second-order valence-electron chi connectivity index (χ2n) is 9.91. The number of H-pyrrole nitrogens is 2. The quantitative estimate of drug-likeness (QED) is 0.160. The van der Waals surface area contributed by atoms with Crippen molar-refractivity contribution in [2.45, 2.75) is 26.7 Å². The number of halogens is 4.